The van der Waals surface area contributed by atoms with Crippen LogP contribution < -0.4 is 5.73 Å². The van der Waals surface area contributed by atoms with Crippen LogP contribution in [0.3, 0.4) is 0 Å². The van der Waals surface area contributed by atoms with E-state index in [2.05, 4.69) is 44.7 Å². The molecule has 1 heteroatoms. The highest BCUT2D eigenvalue weighted by Gasteiger charge is 2.52. The summed E-state index contributed by atoms with van der Waals surface area (Å²) in [6.07, 6.45) is 15.8. The first-order chi connectivity index (χ1) is 9.95. The molecule has 0 aliphatic heterocycles. The van der Waals surface area contributed by atoms with E-state index in [9.17, 15) is 0 Å². The molecule has 4 aliphatic rings. The van der Waals surface area contributed by atoms with E-state index in [1.165, 1.54) is 36.8 Å². The predicted octanol–water partition coefficient (Wildman–Crippen LogP) is 4.53. The van der Waals surface area contributed by atoms with E-state index >= 15 is 0 Å². The fourth-order valence-electron chi connectivity index (χ4n) is 5.43. The molecule has 21 heavy (non-hydrogen) atoms. The van der Waals surface area contributed by atoms with Gasteiger partial charge in [0, 0.05) is 17.4 Å². The van der Waals surface area contributed by atoms with E-state index in [0.717, 1.165) is 12.3 Å². The van der Waals surface area contributed by atoms with Gasteiger partial charge in [-0.3, -0.25) is 0 Å². The lowest BCUT2D eigenvalue weighted by Gasteiger charge is -2.51. The van der Waals surface area contributed by atoms with Crippen LogP contribution in [-0.4, -0.2) is 6.04 Å². The van der Waals surface area contributed by atoms with E-state index in [1.807, 2.05) is 0 Å². The second-order valence-corrected chi connectivity index (χ2v) is 8.07. The molecule has 0 spiro atoms. The van der Waals surface area contributed by atoms with E-state index in [1.54, 1.807) is 5.57 Å². The molecule has 4 rings (SSSR count). The molecule has 1 nitrogen and oxygen atoms in total. The molecule has 1 fully saturated rings. The topological polar surface area (TPSA) is 26.0 Å². The lowest BCUT2D eigenvalue weighted by molar-refractivity contribution is 0.190. The number of nitrogens with two attached hydrogens (primary N) is 1. The molecule has 2 N–H and O–H groups in total. The fourth-order valence-corrected chi connectivity index (χ4v) is 5.43. The van der Waals surface area contributed by atoms with Crippen LogP contribution in [-0.2, 0) is 0 Å². The molecule has 0 aromatic carbocycles. The third-order valence-electron chi connectivity index (χ3n) is 7.05. The lowest BCUT2D eigenvalue weighted by atomic mass is 9.54. The summed E-state index contributed by atoms with van der Waals surface area (Å²) in [7, 11) is 0. The molecule has 112 valence electrons. The Bertz CT molecular complexity index is 593. The van der Waals surface area contributed by atoms with Crippen LogP contribution in [0.1, 0.15) is 46.0 Å². The number of hydrogen-bond donors (Lipinski definition) is 1. The predicted molar refractivity (Wildman–Crippen MR) is 88.7 cm³/mol. The van der Waals surface area contributed by atoms with Crippen LogP contribution in [0, 0.1) is 22.7 Å². The molecular formula is C20H27N. The second-order valence-electron chi connectivity index (χ2n) is 8.07. The van der Waals surface area contributed by atoms with Gasteiger partial charge in [-0.25, -0.2) is 0 Å². The zero-order valence-corrected chi connectivity index (χ0v) is 13.4. The summed E-state index contributed by atoms with van der Waals surface area (Å²) in [4.78, 5) is 0. The van der Waals surface area contributed by atoms with Gasteiger partial charge < -0.3 is 5.73 Å². The minimum atomic E-state index is 0.237. The molecule has 0 saturated heterocycles. The first-order valence-electron chi connectivity index (χ1n) is 8.50. The maximum atomic E-state index is 6.15. The van der Waals surface area contributed by atoms with Crippen molar-refractivity contribution in [1.82, 2.24) is 0 Å². The van der Waals surface area contributed by atoms with Gasteiger partial charge in [0.25, 0.3) is 0 Å². The monoisotopic (exact) mass is 281 g/mol. The zero-order valence-electron chi connectivity index (χ0n) is 13.4. The Balaban J connectivity index is 1.81. The highest BCUT2D eigenvalue weighted by atomic mass is 14.6. The van der Waals surface area contributed by atoms with Gasteiger partial charge >= 0.3 is 0 Å². The third-order valence-corrected chi connectivity index (χ3v) is 7.05. The first kappa shape index (κ1) is 13.6. The average molecular weight is 281 g/mol. The summed E-state index contributed by atoms with van der Waals surface area (Å²) >= 11 is 0. The lowest BCUT2D eigenvalue weighted by Crippen LogP contribution is -2.42. The Morgan fingerprint density at radius 1 is 1.29 bits per heavy atom. The standard InChI is InChI=1S/C20H27N/c1-13-4-7-17-16-6-5-14-12-15(21)8-10-20(14,3)18(16)9-11-19(13,17)2/h5-6,9,12,15-17H,1,4,7-8,10-11,21H2,2-3H3. The summed E-state index contributed by atoms with van der Waals surface area (Å²) in [5.41, 5.74) is 11.3. The smallest absolute Gasteiger partial charge is 0.0230 e. The minimum Gasteiger partial charge on any atom is -0.324 e. The number of fused-ring (bicyclic) bond motifs is 5. The van der Waals surface area contributed by atoms with Crippen molar-refractivity contribution in [3.63, 3.8) is 0 Å². The summed E-state index contributed by atoms with van der Waals surface area (Å²) < 4.78 is 0. The van der Waals surface area contributed by atoms with E-state index in [0.29, 0.717) is 11.3 Å². The Kier molecular flexibility index (Phi) is 2.73. The van der Waals surface area contributed by atoms with Crippen molar-refractivity contribution in [1.29, 1.82) is 0 Å². The Morgan fingerprint density at radius 2 is 2.10 bits per heavy atom. The van der Waals surface area contributed by atoms with Crippen LogP contribution in [0.25, 0.3) is 0 Å². The first-order valence-corrected chi connectivity index (χ1v) is 8.50. The average Bonchev–Trinajstić information content (AvgIpc) is 2.76. The zero-order chi connectivity index (χ0) is 14.8. The quantitative estimate of drug-likeness (QED) is 0.649. The van der Waals surface area contributed by atoms with Gasteiger partial charge in [0.1, 0.15) is 0 Å². The maximum absolute atomic E-state index is 6.15. The molecule has 5 unspecified atom stereocenters. The molecule has 0 aromatic heterocycles. The highest BCUT2D eigenvalue weighted by molar-refractivity contribution is 5.48. The van der Waals surface area contributed by atoms with Gasteiger partial charge in [-0.15, -0.1) is 0 Å². The Hall–Kier alpha value is -1.08. The van der Waals surface area contributed by atoms with Crippen LogP contribution in [0.5, 0.6) is 0 Å². The summed E-state index contributed by atoms with van der Waals surface area (Å²) in [6, 6.07) is 0.245. The summed E-state index contributed by atoms with van der Waals surface area (Å²) in [5.74, 6) is 1.38. The van der Waals surface area contributed by atoms with Gasteiger partial charge in [0.2, 0.25) is 0 Å². The summed E-state index contributed by atoms with van der Waals surface area (Å²) in [6.45, 7) is 9.26. The van der Waals surface area contributed by atoms with E-state index in [-0.39, 0.29) is 11.5 Å². The normalized spacial score (nSPS) is 48.1. The van der Waals surface area contributed by atoms with Gasteiger partial charge in [0.05, 0.1) is 0 Å². The second kappa shape index (κ2) is 4.23. The largest absolute Gasteiger partial charge is 0.324 e. The molecule has 0 bridgehead atoms. The molecule has 0 aromatic rings. The van der Waals surface area contributed by atoms with Crippen molar-refractivity contribution in [2.45, 2.75) is 52.0 Å². The Morgan fingerprint density at radius 3 is 2.90 bits per heavy atom. The van der Waals surface area contributed by atoms with Gasteiger partial charge in [-0.05, 0) is 49.0 Å². The minimum absolute atomic E-state index is 0.237. The molecule has 5 atom stereocenters. The van der Waals surface area contributed by atoms with Crippen molar-refractivity contribution >= 4 is 0 Å². The van der Waals surface area contributed by atoms with Crippen LogP contribution in [0.15, 0.2) is 47.6 Å². The van der Waals surface area contributed by atoms with Crippen LogP contribution in [0.4, 0.5) is 0 Å². The molecule has 4 aliphatic carbocycles. The maximum Gasteiger partial charge on any atom is 0.0230 e. The molecule has 0 radical (unpaired) electrons. The molecule has 0 amide bonds. The third kappa shape index (κ3) is 1.67. The fraction of sp³-hybridized carbons (Fsp3) is 0.600. The van der Waals surface area contributed by atoms with Crippen molar-refractivity contribution in [3.8, 4) is 0 Å². The molecular weight excluding hydrogens is 254 g/mol. The van der Waals surface area contributed by atoms with Gasteiger partial charge in [0.15, 0.2) is 0 Å². The highest BCUT2D eigenvalue weighted by Crippen LogP contribution is 2.62. The van der Waals surface area contributed by atoms with E-state index < -0.39 is 0 Å². The van der Waals surface area contributed by atoms with Crippen molar-refractivity contribution in [3.05, 3.63) is 47.6 Å². The Labute approximate surface area is 128 Å². The number of rotatable bonds is 0. The van der Waals surface area contributed by atoms with Crippen molar-refractivity contribution in [2.75, 3.05) is 0 Å². The van der Waals surface area contributed by atoms with Crippen LogP contribution in [0.2, 0.25) is 0 Å². The van der Waals surface area contributed by atoms with Gasteiger partial charge in [-0.2, -0.15) is 0 Å². The van der Waals surface area contributed by atoms with Gasteiger partial charge in [-0.1, -0.05) is 55.9 Å². The molecule has 1 saturated carbocycles. The summed E-state index contributed by atoms with van der Waals surface area (Å²) in [5, 5.41) is 0. The van der Waals surface area contributed by atoms with Crippen molar-refractivity contribution < 1.29 is 0 Å². The van der Waals surface area contributed by atoms with Crippen LogP contribution >= 0.6 is 0 Å². The SMILES string of the molecule is C=C1CCC2C3C=CC4=CC(N)CCC4(C)C3=CCC12C. The number of hydrogen-bond acceptors (Lipinski definition) is 1. The van der Waals surface area contributed by atoms with Crippen molar-refractivity contribution in [2.24, 2.45) is 28.4 Å². The van der Waals surface area contributed by atoms with E-state index in [4.69, 9.17) is 5.73 Å². The molecule has 0 heterocycles. The number of allylic oxidation sites excluding steroid dienone is 6.